The molecule has 0 aliphatic carbocycles. The van der Waals surface area contributed by atoms with Crippen LogP contribution in [0.1, 0.15) is 59.3 Å². The van der Waals surface area contributed by atoms with Crippen LogP contribution in [0.3, 0.4) is 0 Å². The molecule has 0 fully saturated rings. The molecule has 76 valence electrons. The average Bonchev–Trinajstić information content (AvgIpc) is 2.17. The first-order chi connectivity index (χ1) is 6.35. The minimum atomic E-state index is 0.0553. The van der Waals surface area contributed by atoms with E-state index >= 15 is 0 Å². The SMILES string of the molecule is CCC[CH2][Sn+2][CH2]C(CC)CCCC. The van der Waals surface area contributed by atoms with Crippen molar-refractivity contribution in [1.82, 2.24) is 0 Å². The van der Waals surface area contributed by atoms with Crippen molar-refractivity contribution >= 4 is 21.1 Å². The van der Waals surface area contributed by atoms with Gasteiger partial charge in [-0.05, 0) is 0 Å². The van der Waals surface area contributed by atoms with Gasteiger partial charge in [0.25, 0.3) is 0 Å². The van der Waals surface area contributed by atoms with Crippen LogP contribution in [0.5, 0.6) is 0 Å². The van der Waals surface area contributed by atoms with Crippen molar-refractivity contribution in [3.05, 3.63) is 0 Å². The molecular weight excluding hydrogens is 263 g/mol. The molecular formula is C12H26Sn+2. The van der Waals surface area contributed by atoms with Crippen molar-refractivity contribution < 1.29 is 0 Å². The normalized spacial score (nSPS) is 12.5. The molecule has 0 saturated heterocycles. The summed E-state index contributed by atoms with van der Waals surface area (Å²) in [5.74, 6) is 1.10. The third kappa shape index (κ3) is 9.11. The molecule has 1 heteroatoms. The van der Waals surface area contributed by atoms with E-state index in [0.717, 1.165) is 5.92 Å². The molecule has 0 nitrogen and oxygen atoms in total. The Labute approximate surface area is 95.1 Å². The predicted octanol–water partition coefficient (Wildman–Crippen LogP) is 4.54. The van der Waals surface area contributed by atoms with Crippen molar-refractivity contribution in [3.8, 4) is 0 Å². The Morgan fingerprint density at radius 1 is 1.00 bits per heavy atom. The first kappa shape index (κ1) is 13.8. The van der Waals surface area contributed by atoms with Crippen LogP contribution in [0, 0.1) is 5.92 Å². The summed E-state index contributed by atoms with van der Waals surface area (Å²) in [5, 5.41) is 0. The number of hydrogen-bond acceptors (Lipinski definition) is 0. The zero-order chi connectivity index (χ0) is 9.94. The van der Waals surface area contributed by atoms with E-state index in [4.69, 9.17) is 0 Å². The molecule has 0 aliphatic heterocycles. The van der Waals surface area contributed by atoms with Gasteiger partial charge in [0, 0.05) is 0 Å². The molecule has 0 bridgehead atoms. The van der Waals surface area contributed by atoms with Gasteiger partial charge in [0.1, 0.15) is 0 Å². The predicted molar refractivity (Wildman–Crippen MR) is 63.6 cm³/mol. The summed E-state index contributed by atoms with van der Waals surface area (Å²) in [5.41, 5.74) is 0. The third-order valence-electron chi connectivity index (χ3n) is 2.68. The molecule has 0 heterocycles. The Morgan fingerprint density at radius 3 is 2.23 bits per heavy atom. The van der Waals surface area contributed by atoms with E-state index in [2.05, 4.69) is 20.8 Å². The molecule has 0 N–H and O–H groups in total. The molecule has 13 heavy (non-hydrogen) atoms. The summed E-state index contributed by atoms with van der Waals surface area (Å²) < 4.78 is 3.28. The molecule has 0 aliphatic rings. The van der Waals surface area contributed by atoms with Gasteiger partial charge in [-0.15, -0.1) is 0 Å². The minimum absolute atomic E-state index is 0.0553. The van der Waals surface area contributed by atoms with Gasteiger partial charge in [-0.3, -0.25) is 0 Å². The fraction of sp³-hybridized carbons (Fsp3) is 1.00. The van der Waals surface area contributed by atoms with Crippen molar-refractivity contribution in [3.63, 3.8) is 0 Å². The monoisotopic (exact) mass is 290 g/mol. The first-order valence-corrected chi connectivity index (χ1v) is 10.1. The molecule has 0 aromatic carbocycles. The molecule has 0 spiro atoms. The Kier molecular flexibility index (Phi) is 11.5. The van der Waals surface area contributed by atoms with Gasteiger partial charge in [-0.2, -0.15) is 0 Å². The summed E-state index contributed by atoms with van der Waals surface area (Å²) in [6.45, 7) is 7.00. The molecule has 0 amide bonds. The second-order valence-electron chi connectivity index (χ2n) is 3.97. The molecule has 0 aromatic rings. The van der Waals surface area contributed by atoms with E-state index in [1.54, 1.807) is 8.87 Å². The molecule has 1 unspecified atom stereocenters. The van der Waals surface area contributed by atoms with Crippen LogP contribution in [0.2, 0.25) is 8.87 Å². The number of hydrogen-bond donors (Lipinski definition) is 0. The van der Waals surface area contributed by atoms with Gasteiger partial charge in [-0.1, -0.05) is 0 Å². The summed E-state index contributed by atoms with van der Waals surface area (Å²) in [6.07, 6.45) is 8.72. The number of rotatable bonds is 9. The zero-order valence-electron chi connectivity index (χ0n) is 9.73. The van der Waals surface area contributed by atoms with Gasteiger partial charge < -0.3 is 0 Å². The number of unbranched alkanes of at least 4 members (excludes halogenated alkanes) is 2. The first-order valence-electron chi connectivity index (χ1n) is 6.05. The van der Waals surface area contributed by atoms with Gasteiger partial charge >= 0.3 is 95.2 Å². The molecule has 0 saturated carbocycles. The maximum atomic E-state index is 2.37. The van der Waals surface area contributed by atoms with Gasteiger partial charge in [0.05, 0.1) is 0 Å². The summed E-state index contributed by atoms with van der Waals surface area (Å²) >= 11 is 0.0553. The van der Waals surface area contributed by atoms with Crippen LogP contribution in [0.15, 0.2) is 0 Å². The van der Waals surface area contributed by atoms with Crippen LogP contribution < -0.4 is 0 Å². The Bertz CT molecular complexity index is 91.1. The van der Waals surface area contributed by atoms with Gasteiger partial charge in [-0.25, -0.2) is 0 Å². The topological polar surface area (TPSA) is 0 Å². The fourth-order valence-electron chi connectivity index (χ4n) is 1.55. The summed E-state index contributed by atoms with van der Waals surface area (Å²) in [7, 11) is 0. The second-order valence-corrected chi connectivity index (χ2v) is 7.99. The van der Waals surface area contributed by atoms with E-state index in [1.165, 1.54) is 38.5 Å². The quantitative estimate of drug-likeness (QED) is 0.431. The molecule has 0 radical (unpaired) electrons. The van der Waals surface area contributed by atoms with E-state index < -0.39 is 0 Å². The summed E-state index contributed by atoms with van der Waals surface area (Å²) in [6, 6.07) is 0. The van der Waals surface area contributed by atoms with Crippen molar-refractivity contribution in [2.75, 3.05) is 0 Å². The average molecular weight is 289 g/mol. The van der Waals surface area contributed by atoms with Crippen molar-refractivity contribution in [1.29, 1.82) is 0 Å². The van der Waals surface area contributed by atoms with E-state index in [1.807, 2.05) is 0 Å². The van der Waals surface area contributed by atoms with Crippen LogP contribution in [-0.2, 0) is 0 Å². The van der Waals surface area contributed by atoms with Crippen LogP contribution in [-0.4, -0.2) is 21.1 Å². The van der Waals surface area contributed by atoms with E-state index in [9.17, 15) is 0 Å². The van der Waals surface area contributed by atoms with Gasteiger partial charge in [0.2, 0.25) is 0 Å². The molecule has 1 atom stereocenters. The Balaban J connectivity index is 3.25. The molecule has 0 rings (SSSR count). The van der Waals surface area contributed by atoms with Crippen molar-refractivity contribution in [2.24, 2.45) is 5.92 Å². The Hall–Kier alpha value is 0.799. The van der Waals surface area contributed by atoms with Crippen molar-refractivity contribution in [2.45, 2.75) is 68.2 Å². The van der Waals surface area contributed by atoms with E-state index in [-0.39, 0.29) is 21.1 Å². The standard InChI is InChI=1S/C8H17.C4H9.Sn/c1-4-6-7-8(3)5-2;1-3-4-2;/h8H,3-7H2,1-2H3;1,3-4H2,2H3;/q;;+2. The molecule has 0 aromatic heterocycles. The van der Waals surface area contributed by atoms with Crippen LogP contribution in [0.25, 0.3) is 0 Å². The van der Waals surface area contributed by atoms with Gasteiger partial charge in [0.15, 0.2) is 0 Å². The van der Waals surface area contributed by atoms with Crippen LogP contribution >= 0.6 is 0 Å². The zero-order valence-corrected chi connectivity index (χ0v) is 12.6. The van der Waals surface area contributed by atoms with Crippen LogP contribution in [0.4, 0.5) is 0 Å². The summed E-state index contributed by atoms with van der Waals surface area (Å²) in [4.78, 5) is 0. The maximum absolute atomic E-state index is 2.37. The third-order valence-corrected chi connectivity index (χ3v) is 7.17. The Morgan fingerprint density at radius 2 is 1.69 bits per heavy atom. The van der Waals surface area contributed by atoms with E-state index in [0.29, 0.717) is 0 Å². The second kappa shape index (κ2) is 10.9. The fourth-order valence-corrected chi connectivity index (χ4v) is 6.43.